The Morgan fingerprint density at radius 1 is 1.00 bits per heavy atom. The second kappa shape index (κ2) is 7.62. The first-order valence-corrected chi connectivity index (χ1v) is 10.8. The molecule has 6 heteroatoms. The molecule has 2 atom stereocenters. The Bertz CT molecular complexity index is 853. The molecule has 1 aromatic carbocycles. The average molecular weight is 412 g/mol. The number of hydrogen-bond acceptors (Lipinski definition) is 4. The standard InChI is InChI=1S/C23H26ClN3O2/c24-20-6-7-21(25-12-20)26-13-17-15-27(16-18(17)14-26)22(28)23(8-10-29-11-9-23)19-4-2-1-3-5-19/h1-7,12,17-18H,8-11,13-16H2. The summed E-state index contributed by atoms with van der Waals surface area (Å²) in [5.41, 5.74) is 0.701. The molecule has 4 heterocycles. The highest BCUT2D eigenvalue weighted by Crippen LogP contribution is 2.40. The van der Waals surface area contributed by atoms with Crippen molar-refractivity contribution < 1.29 is 9.53 Å². The summed E-state index contributed by atoms with van der Waals surface area (Å²) >= 11 is 5.97. The summed E-state index contributed by atoms with van der Waals surface area (Å²) in [7, 11) is 0. The summed E-state index contributed by atoms with van der Waals surface area (Å²) in [6.07, 6.45) is 3.24. The summed E-state index contributed by atoms with van der Waals surface area (Å²) < 4.78 is 5.61. The van der Waals surface area contributed by atoms with Gasteiger partial charge in [0.05, 0.1) is 10.4 Å². The van der Waals surface area contributed by atoms with E-state index in [1.165, 1.54) is 0 Å². The monoisotopic (exact) mass is 411 g/mol. The third-order valence-corrected chi connectivity index (χ3v) is 7.11. The molecule has 1 amide bonds. The van der Waals surface area contributed by atoms with Crippen molar-refractivity contribution in [1.82, 2.24) is 9.88 Å². The van der Waals surface area contributed by atoms with Gasteiger partial charge in [0.15, 0.2) is 0 Å². The molecule has 152 valence electrons. The van der Waals surface area contributed by atoms with Crippen molar-refractivity contribution in [2.75, 3.05) is 44.3 Å². The van der Waals surface area contributed by atoms with E-state index in [9.17, 15) is 4.79 Å². The highest BCUT2D eigenvalue weighted by atomic mass is 35.5. The van der Waals surface area contributed by atoms with Crippen LogP contribution >= 0.6 is 11.6 Å². The molecular weight excluding hydrogens is 386 g/mol. The van der Waals surface area contributed by atoms with Crippen LogP contribution < -0.4 is 4.90 Å². The van der Waals surface area contributed by atoms with Crippen molar-refractivity contribution in [3.63, 3.8) is 0 Å². The fourth-order valence-electron chi connectivity index (χ4n) is 5.31. The minimum atomic E-state index is -0.435. The maximum absolute atomic E-state index is 13.8. The van der Waals surface area contributed by atoms with E-state index in [-0.39, 0.29) is 5.91 Å². The molecule has 0 radical (unpaired) electrons. The number of rotatable bonds is 3. The molecule has 3 aliphatic rings. The number of aromatic nitrogens is 1. The van der Waals surface area contributed by atoms with Gasteiger partial charge in [-0.05, 0) is 30.5 Å². The lowest BCUT2D eigenvalue weighted by Gasteiger charge is -2.39. The van der Waals surface area contributed by atoms with Gasteiger partial charge in [-0.2, -0.15) is 0 Å². The number of pyridine rings is 1. The number of nitrogens with zero attached hydrogens (tertiary/aromatic N) is 3. The number of fused-ring (bicyclic) bond motifs is 1. The minimum Gasteiger partial charge on any atom is -0.381 e. The Balaban J connectivity index is 1.31. The number of likely N-dealkylation sites (tertiary alicyclic amines) is 1. The highest BCUT2D eigenvalue weighted by molar-refractivity contribution is 6.30. The van der Waals surface area contributed by atoms with Gasteiger partial charge in [-0.15, -0.1) is 0 Å². The van der Waals surface area contributed by atoms with Crippen LogP contribution in [0.25, 0.3) is 0 Å². The third-order valence-electron chi connectivity index (χ3n) is 6.89. The van der Waals surface area contributed by atoms with Gasteiger partial charge in [0.25, 0.3) is 0 Å². The quantitative estimate of drug-likeness (QED) is 0.776. The molecule has 5 nitrogen and oxygen atoms in total. The largest absolute Gasteiger partial charge is 0.381 e. The Kier molecular flexibility index (Phi) is 4.96. The minimum absolute atomic E-state index is 0.289. The van der Waals surface area contributed by atoms with E-state index in [2.05, 4.69) is 26.9 Å². The van der Waals surface area contributed by atoms with Crippen molar-refractivity contribution in [3.8, 4) is 0 Å². The molecule has 1 aromatic heterocycles. The fraction of sp³-hybridized carbons (Fsp3) is 0.478. The molecule has 3 fully saturated rings. The van der Waals surface area contributed by atoms with Crippen LogP contribution in [0.15, 0.2) is 48.7 Å². The number of halogens is 1. The predicted molar refractivity (Wildman–Crippen MR) is 113 cm³/mol. The molecule has 2 unspecified atom stereocenters. The average Bonchev–Trinajstić information content (AvgIpc) is 3.34. The van der Waals surface area contributed by atoms with Crippen molar-refractivity contribution in [3.05, 3.63) is 59.2 Å². The first-order valence-electron chi connectivity index (χ1n) is 10.4. The lowest BCUT2D eigenvalue weighted by molar-refractivity contribution is -0.140. The van der Waals surface area contributed by atoms with Gasteiger partial charge in [-0.1, -0.05) is 41.9 Å². The Hall–Kier alpha value is -2.11. The summed E-state index contributed by atoms with van der Waals surface area (Å²) in [6.45, 7) is 4.87. The van der Waals surface area contributed by atoms with Crippen LogP contribution in [0, 0.1) is 11.8 Å². The van der Waals surface area contributed by atoms with Crippen LogP contribution in [-0.4, -0.2) is 55.2 Å². The Labute approximate surface area is 176 Å². The van der Waals surface area contributed by atoms with Crippen LogP contribution in [-0.2, 0) is 14.9 Å². The van der Waals surface area contributed by atoms with Crippen LogP contribution in [0.1, 0.15) is 18.4 Å². The van der Waals surface area contributed by atoms with Crippen molar-refractivity contribution in [2.45, 2.75) is 18.3 Å². The van der Waals surface area contributed by atoms with E-state index < -0.39 is 5.41 Å². The molecule has 5 rings (SSSR count). The SMILES string of the molecule is O=C(N1CC2CN(c3ccc(Cl)cn3)CC2C1)C1(c2ccccc2)CCOCC1. The number of carbonyl (C=O) groups excluding carboxylic acids is 1. The number of anilines is 1. The van der Waals surface area contributed by atoms with E-state index in [1.807, 2.05) is 30.3 Å². The lowest BCUT2D eigenvalue weighted by Crippen LogP contribution is -2.50. The number of carbonyl (C=O) groups is 1. The lowest BCUT2D eigenvalue weighted by atomic mass is 9.73. The molecule has 0 spiro atoms. The predicted octanol–water partition coefficient (Wildman–Crippen LogP) is 3.38. The smallest absolute Gasteiger partial charge is 0.233 e. The number of hydrogen-bond donors (Lipinski definition) is 0. The van der Waals surface area contributed by atoms with Gasteiger partial charge in [0, 0.05) is 57.4 Å². The van der Waals surface area contributed by atoms with Crippen LogP contribution in [0.2, 0.25) is 5.02 Å². The van der Waals surface area contributed by atoms with Crippen molar-refractivity contribution >= 4 is 23.3 Å². The van der Waals surface area contributed by atoms with E-state index in [0.717, 1.165) is 50.4 Å². The summed E-state index contributed by atoms with van der Waals surface area (Å²) in [4.78, 5) is 22.7. The third kappa shape index (κ3) is 3.40. The van der Waals surface area contributed by atoms with Gasteiger partial charge in [-0.3, -0.25) is 4.79 Å². The van der Waals surface area contributed by atoms with E-state index in [0.29, 0.717) is 30.1 Å². The Morgan fingerprint density at radius 3 is 2.31 bits per heavy atom. The maximum atomic E-state index is 13.8. The summed E-state index contributed by atoms with van der Waals surface area (Å²) in [5, 5.41) is 0.660. The Morgan fingerprint density at radius 2 is 1.69 bits per heavy atom. The first kappa shape index (κ1) is 18.9. The maximum Gasteiger partial charge on any atom is 0.233 e. The van der Waals surface area contributed by atoms with Crippen LogP contribution in [0.3, 0.4) is 0 Å². The van der Waals surface area contributed by atoms with Gasteiger partial charge in [-0.25, -0.2) is 4.98 Å². The van der Waals surface area contributed by atoms with Crippen molar-refractivity contribution in [1.29, 1.82) is 0 Å². The van der Waals surface area contributed by atoms with Gasteiger partial charge in [0.2, 0.25) is 5.91 Å². The molecule has 3 aliphatic heterocycles. The number of benzene rings is 1. The second-order valence-electron chi connectivity index (χ2n) is 8.53. The number of amides is 1. The van der Waals surface area contributed by atoms with Gasteiger partial charge >= 0.3 is 0 Å². The van der Waals surface area contributed by atoms with Crippen molar-refractivity contribution in [2.24, 2.45) is 11.8 Å². The first-order chi connectivity index (χ1) is 14.2. The number of ether oxygens (including phenoxy) is 1. The molecule has 29 heavy (non-hydrogen) atoms. The van der Waals surface area contributed by atoms with E-state index in [1.54, 1.807) is 6.20 Å². The van der Waals surface area contributed by atoms with Crippen LogP contribution in [0.4, 0.5) is 5.82 Å². The molecule has 0 aliphatic carbocycles. The molecule has 0 saturated carbocycles. The zero-order valence-electron chi connectivity index (χ0n) is 16.5. The second-order valence-corrected chi connectivity index (χ2v) is 8.97. The zero-order valence-corrected chi connectivity index (χ0v) is 17.2. The van der Waals surface area contributed by atoms with Gasteiger partial charge in [0.1, 0.15) is 5.82 Å². The van der Waals surface area contributed by atoms with Gasteiger partial charge < -0.3 is 14.5 Å². The van der Waals surface area contributed by atoms with E-state index >= 15 is 0 Å². The topological polar surface area (TPSA) is 45.7 Å². The normalized spacial score (nSPS) is 25.8. The fourth-order valence-corrected chi connectivity index (χ4v) is 5.42. The molecule has 0 N–H and O–H groups in total. The molecule has 0 bridgehead atoms. The molecule has 2 aromatic rings. The van der Waals surface area contributed by atoms with E-state index in [4.69, 9.17) is 16.3 Å². The molecular formula is C23H26ClN3O2. The van der Waals surface area contributed by atoms with Crippen LogP contribution in [0.5, 0.6) is 0 Å². The molecule has 3 saturated heterocycles. The highest BCUT2D eigenvalue weighted by Gasteiger charge is 2.49. The summed E-state index contributed by atoms with van der Waals surface area (Å²) in [6, 6.07) is 14.2. The zero-order chi connectivity index (χ0) is 19.8. The summed E-state index contributed by atoms with van der Waals surface area (Å²) in [5.74, 6) is 2.28.